The molecular formula is C33H44N6O4. The van der Waals surface area contributed by atoms with E-state index in [-0.39, 0.29) is 37.0 Å². The Kier molecular flexibility index (Phi) is 10.1. The molecule has 1 aliphatic carbocycles. The van der Waals surface area contributed by atoms with Crippen LogP contribution in [0.1, 0.15) is 37.3 Å². The van der Waals surface area contributed by atoms with E-state index in [2.05, 4.69) is 46.9 Å². The van der Waals surface area contributed by atoms with Gasteiger partial charge in [-0.2, -0.15) is 0 Å². The van der Waals surface area contributed by atoms with Gasteiger partial charge in [-0.3, -0.25) is 14.5 Å². The first-order valence-electron chi connectivity index (χ1n) is 15.3. The lowest BCUT2D eigenvalue weighted by atomic mass is 9.96. The van der Waals surface area contributed by atoms with E-state index in [9.17, 15) is 14.7 Å². The monoisotopic (exact) mass is 588 g/mol. The van der Waals surface area contributed by atoms with Gasteiger partial charge >= 0.3 is 5.97 Å². The van der Waals surface area contributed by atoms with Crippen LogP contribution < -0.4 is 16.4 Å². The quantitative estimate of drug-likeness (QED) is 0.326. The number of amides is 1. The van der Waals surface area contributed by atoms with Crippen molar-refractivity contribution in [3.63, 3.8) is 0 Å². The minimum absolute atomic E-state index is 0.0350. The van der Waals surface area contributed by atoms with Gasteiger partial charge in [0, 0.05) is 50.5 Å². The van der Waals surface area contributed by atoms with Crippen molar-refractivity contribution in [2.75, 3.05) is 39.8 Å². The first-order chi connectivity index (χ1) is 20.9. The lowest BCUT2D eigenvalue weighted by molar-refractivity contribution is -0.139. The van der Waals surface area contributed by atoms with Gasteiger partial charge in [-0.25, -0.2) is 4.98 Å². The zero-order chi connectivity index (χ0) is 30.3. The van der Waals surface area contributed by atoms with Gasteiger partial charge in [0.05, 0.1) is 43.9 Å². The zero-order valence-corrected chi connectivity index (χ0v) is 25.3. The van der Waals surface area contributed by atoms with Gasteiger partial charge in [-0.15, -0.1) is 0 Å². The molecule has 2 unspecified atom stereocenters. The van der Waals surface area contributed by atoms with Crippen molar-refractivity contribution in [2.24, 2.45) is 5.73 Å². The highest BCUT2D eigenvalue weighted by atomic mass is 16.5. The van der Waals surface area contributed by atoms with E-state index >= 15 is 0 Å². The average Bonchev–Trinajstić information content (AvgIpc) is 3.61. The molecule has 1 amide bonds. The lowest BCUT2D eigenvalue weighted by Gasteiger charge is -2.37. The molecule has 3 atom stereocenters. The fourth-order valence-electron chi connectivity index (χ4n) is 6.27. The summed E-state index contributed by atoms with van der Waals surface area (Å²) in [5.41, 5.74) is 8.93. The number of carbonyl (C=O) groups excluding carboxylic acids is 2. The number of aliphatic hydroxyl groups excluding tert-OH is 1. The summed E-state index contributed by atoms with van der Waals surface area (Å²) in [6.07, 6.45) is 14.8. The molecular weight excluding hydrogens is 544 g/mol. The molecule has 230 valence electrons. The number of imidazole rings is 1. The summed E-state index contributed by atoms with van der Waals surface area (Å²) >= 11 is 0. The minimum atomic E-state index is -0.375. The first kappa shape index (κ1) is 30.7. The predicted octanol–water partition coefficient (Wildman–Crippen LogP) is 0.520. The molecule has 1 aromatic carbocycles. The second-order valence-corrected chi connectivity index (χ2v) is 11.7. The van der Waals surface area contributed by atoms with E-state index in [1.807, 2.05) is 40.4 Å². The number of fused-ring (bicyclic) bond motifs is 2. The van der Waals surface area contributed by atoms with Gasteiger partial charge in [-0.05, 0) is 43.9 Å². The first-order valence-corrected chi connectivity index (χ1v) is 15.3. The van der Waals surface area contributed by atoms with E-state index in [0.717, 1.165) is 47.8 Å². The van der Waals surface area contributed by atoms with Gasteiger partial charge < -0.3 is 29.9 Å². The SMILES string of the molecule is COC(=O)Cc1cccc(CN(CCCn2cnc3c2=C2C=CC=CC2N(C(C)CCN)C=3)C(=O)CN2CC[C@@H](O)C2)c1. The fourth-order valence-corrected chi connectivity index (χ4v) is 6.27. The maximum absolute atomic E-state index is 13.6. The molecule has 3 N–H and O–H groups in total. The molecule has 1 saturated heterocycles. The third kappa shape index (κ3) is 7.44. The standard InChI is InChI=1S/C33H44N6O4/c1-24(11-13-34)39-21-29-33(28-9-3-4-10-30(28)39)38(23-35-29)15-6-14-37(31(41)22-36-16-12-27(40)20-36)19-26-8-5-7-25(17-26)18-32(42)43-2/h3-5,7-10,17,21,23-24,27,30,40H,6,11-16,18-20,22,34H2,1-2H3/t24?,27-,30?/m1/s1. The van der Waals surface area contributed by atoms with Crippen molar-refractivity contribution in [1.82, 2.24) is 24.3 Å². The van der Waals surface area contributed by atoms with Gasteiger partial charge in [0.15, 0.2) is 0 Å². The number of methoxy groups -OCH3 is 1. The highest BCUT2D eigenvalue weighted by molar-refractivity contribution is 5.78. The lowest BCUT2D eigenvalue weighted by Crippen LogP contribution is -2.49. The molecule has 3 heterocycles. The number of esters is 1. The van der Waals surface area contributed by atoms with Crippen LogP contribution in [0.15, 0.2) is 54.9 Å². The maximum atomic E-state index is 13.6. The predicted molar refractivity (Wildman–Crippen MR) is 166 cm³/mol. The molecule has 2 aliphatic heterocycles. The summed E-state index contributed by atoms with van der Waals surface area (Å²) in [7, 11) is 1.38. The topological polar surface area (TPSA) is 117 Å². The van der Waals surface area contributed by atoms with Crippen LogP contribution in [0, 0.1) is 0 Å². The van der Waals surface area contributed by atoms with E-state index in [0.29, 0.717) is 38.6 Å². The number of aryl methyl sites for hydroxylation is 1. The summed E-state index contributed by atoms with van der Waals surface area (Å²) in [6.45, 7) is 6.09. The zero-order valence-electron chi connectivity index (χ0n) is 25.3. The molecule has 1 aromatic heterocycles. The molecule has 5 rings (SSSR count). The van der Waals surface area contributed by atoms with E-state index < -0.39 is 0 Å². The molecule has 3 aliphatic rings. The molecule has 0 saturated carbocycles. The number of aromatic nitrogens is 2. The van der Waals surface area contributed by atoms with Crippen molar-refractivity contribution in [2.45, 2.75) is 63.9 Å². The molecule has 10 heteroatoms. The molecule has 10 nitrogen and oxygen atoms in total. The second kappa shape index (κ2) is 14.2. The number of benzene rings is 1. The number of nitrogens with zero attached hydrogens (tertiary/aromatic N) is 5. The average molecular weight is 589 g/mol. The van der Waals surface area contributed by atoms with Crippen molar-refractivity contribution in [3.8, 4) is 0 Å². The summed E-state index contributed by atoms with van der Waals surface area (Å²) < 4.78 is 7.04. The number of nitrogens with two attached hydrogens (primary N) is 1. The number of likely N-dealkylation sites (tertiary alicyclic amines) is 1. The van der Waals surface area contributed by atoms with Crippen LogP contribution in [0.2, 0.25) is 0 Å². The Morgan fingerprint density at radius 1 is 1.26 bits per heavy atom. The largest absolute Gasteiger partial charge is 0.469 e. The van der Waals surface area contributed by atoms with E-state index in [1.54, 1.807) is 0 Å². The smallest absolute Gasteiger partial charge is 0.309 e. The Hall–Kier alpha value is -3.73. The minimum Gasteiger partial charge on any atom is -0.469 e. The molecule has 43 heavy (non-hydrogen) atoms. The Bertz CT molecular complexity index is 1480. The Labute approximate surface area is 253 Å². The van der Waals surface area contributed by atoms with Crippen LogP contribution in [0.5, 0.6) is 0 Å². The third-order valence-corrected chi connectivity index (χ3v) is 8.55. The number of β-amino-alcohol motifs (C(OH)–C–C–N with tert-alkyl or cyclic N) is 1. The number of hydrogen-bond donors (Lipinski definition) is 2. The molecule has 0 radical (unpaired) electrons. The van der Waals surface area contributed by atoms with Gasteiger partial charge in [0.2, 0.25) is 5.91 Å². The van der Waals surface area contributed by atoms with Crippen LogP contribution in [-0.2, 0) is 33.8 Å². The van der Waals surface area contributed by atoms with Crippen LogP contribution in [0.25, 0.3) is 11.8 Å². The van der Waals surface area contributed by atoms with Gasteiger partial charge in [-0.1, -0.05) is 48.6 Å². The number of ether oxygens (including phenoxy) is 1. The van der Waals surface area contributed by atoms with Crippen molar-refractivity contribution in [1.29, 1.82) is 0 Å². The summed E-state index contributed by atoms with van der Waals surface area (Å²) in [4.78, 5) is 36.4. The van der Waals surface area contributed by atoms with Crippen LogP contribution >= 0.6 is 0 Å². The molecule has 1 fully saturated rings. The summed E-state index contributed by atoms with van der Waals surface area (Å²) in [6, 6.07) is 8.20. The maximum Gasteiger partial charge on any atom is 0.309 e. The number of allylic oxidation sites excluding steroid dienone is 2. The number of carbonyl (C=O) groups is 2. The normalized spacial score (nSPS) is 20.0. The number of aliphatic hydroxyl groups is 1. The van der Waals surface area contributed by atoms with Crippen LogP contribution in [0.3, 0.4) is 0 Å². The van der Waals surface area contributed by atoms with E-state index in [4.69, 9.17) is 15.5 Å². The van der Waals surface area contributed by atoms with Gasteiger partial charge in [0.25, 0.3) is 0 Å². The highest BCUT2D eigenvalue weighted by Gasteiger charge is 2.28. The molecule has 0 spiro atoms. The Morgan fingerprint density at radius 3 is 2.86 bits per heavy atom. The molecule has 0 bridgehead atoms. The van der Waals surface area contributed by atoms with Crippen molar-refractivity contribution in [3.05, 3.63) is 76.7 Å². The third-order valence-electron chi connectivity index (χ3n) is 8.55. The van der Waals surface area contributed by atoms with Crippen molar-refractivity contribution < 1.29 is 19.4 Å². The van der Waals surface area contributed by atoms with Crippen LogP contribution in [0.4, 0.5) is 0 Å². The molecule has 2 aromatic rings. The second-order valence-electron chi connectivity index (χ2n) is 11.7. The fraction of sp³-hybridized carbons (Fsp3) is 0.485. The summed E-state index contributed by atoms with van der Waals surface area (Å²) in [5, 5.41) is 12.1. The van der Waals surface area contributed by atoms with E-state index in [1.165, 1.54) is 12.7 Å². The Morgan fingerprint density at radius 2 is 2.09 bits per heavy atom. The van der Waals surface area contributed by atoms with Gasteiger partial charge in [0.1, 0.15) is 5.35 Å². The van der Waals surface area contributed by atoms with Crippen LogP contribution in [-0.4, -0.2) is 99.3 Å². The van der Waals surface area contributed by atoms with Crippen molar-refractivity contribution >= 4 is 23.6 Å². The Balaban J connectivity index is 1.33. The number of hydrogen-bond acceptors (Lipinski definition) is 8. The summed E-state index contributed by atoms with van der Waals surface area (Å²) in [5.74, 6) is -0.258. The highest BCUT2D eigenvalue weighted by Crippen LogP contribution is 2.23. The number of rotatable bonds is 13.